The maximum atomic E-state index is 12.5. The Morgan fingerprint density at radius 1 is 0.966 bits per heavy atom. The number of alkyl halides is 1. The fourth-order valence-corrected chi connectivity index (χ4v) is 3.13. The third kappa shape index (κ3) is 3.77. The Labute approximate surface area is 173 Å². The molecule has 2 aromatic carbocycles. The largest absolute Gasteiger partial charge is 0.425 e. The lowest BCUT2D eigenvalue weighted by Gasteiger charge is -2.09. The molecule has 29 heavy (non-hydrogen) atoms. The van der Waals surface area contributed by atoms with Gasteiger partial charge in [0.05, 0.1) is 5.56 Å². The Bertz CT molecular complexity index is 1380. The molecule has 4 rings (SSSR count). The van der Waals surface area contributed by atoms with Crippen molar-refractivity contribution in [3.63, 3.8) is 0 Å². The van der Waals surface area contributed by atoms with Crippen molar-refractivity contribution in [2.24, 2.45) is 0 Å². The molecule has 0 aliphatic carbocycles. The Kier molecular flexibility index (Phi) is 4.90. The second-order valence-corrected chi connectivity index (χ2v) is 7.39. The zero-order valence-electron chi connectivity index (χ0n) is 14.9. The number of halogens is 2. The van der Waals surface area contributed by atoms with Crippen LogP contribution in [-0.2, 0) is 4.79 Å². The van der Waals surface area contributed by atoms with Crippen LogP contribution in [0.2, 0.25) is 5.02 Å². The van der Waals surface area contributed by atoms with Gasteiger partial charge in [0, 0.05) is 33.5 Å². The fraction of sp³-hybridized carbons (Fsp3) is 0.0952. The third-order valence-corrected chi connectivity index (χ3v) is 4.66. The third-order valence-electron chi connectivity index (χ3n) is 4.24. The van der Waals surface area contributed by atoms with Gasteiger partial charge in [-0.2, -0.15) is 0 Å². The number of carbonyl (C=O) groups is 1. The Morgan fingerprint density at radius 2 is 1.76 bits per heavy atom. The second-order valence-electron chi connectivity index (χ2n) is 6.30. The highest BCUT2D eigenvalue weighted by atomic mass is 35.5. The molecule has 0 saturated heterocycles. The van der Waals surface area contributed by atoms with Gasteiger partial charge in [-0.1, -0.05) is 11.6 Å². The van der Waals surface area contributed by atoms with E-state index in [4.69, 9.17) is 36.8 Å². The van der Waals surface area contributed by atoms with E-state index < -0.39 is 22.6 Å². The quantitative estimate of drug-likeness (QED) is 0.201. The number of hydrogen-bond donors (Lipinski definition) is 0. The first kappa shape index (κ1) is 19.2. The number of carbonyl (C=O) groups excluding carboxylic acids is 1. The maximum Gasteiger partial charge on any atom is 0.344 e. The SMILES string of the molecule is CC(Cl)C(=O)Oc1ccc2c(-c3cc4cc(Cl)ccc4oc3=O)cc(=O)oc2c1. The second kappa shape index (κ2) is 7.39. The molecule has 0 N–H and O–H groups in total. The maximum absolute atomic E-state index is 12.5. The van der Waals surface area contributed by atoms with Crippen molar-refractivity contribution in [1.82, 2.24) is 0 Å². The summed E-state index contributed by atoms with van der Waals surface area (Å²) in [6.07, 6.45) is 0. The Hall–Kier alpha value is -3.09. The number of rotatable bonds is 3. The molecule has 4 aromatic rings. The lowest BCUT2D eigenvalue weighted by molar-refractivity contribution is -0.133. The summed E-state index contributed by atoms with van der Waals surface area (Å²) in [4.78, 5) is 36.3. The molecule has 0 aliphatic heterocycles. The van der Waals surface area contributed by atoms with Crippen LogP contribution in [0, 0.1) is 0 Å². The molecule has 0 fully saturated rings. The predicted molar refractivity (Wildman–Crippen MR) is 110 cm³/mol. The van der Waals surface area contributed by atoms with Gasteiger partial charge in [-0.3, -0.25) is 4.79 Å². The zero-order valence-corrected chi connectivity index (χ0v) is 16.4. The van der Waals surface area contributed by atoms with Crippen LogP contribution in [-0.4, -0.2) is 11.3 Å². The molecule has 0 amide bonds. The molecule has 1 atom stereocenters. The van der Waals surface area contributed by atoms with E-state index in [0.29, 0.717) is 26.9 Å². The lowest BCUT2D eigenvalue weighted by atomic mass is 10.0. The highest BCUT2D eigenvalue weighted by Gasteiger charge is 2.16. The molecular formula is C21H12Cl2O6. The van der Waals surface area contributed by atoms with E-state index >= 15 is 0 Å². The minimum atomic E-state index is -0.835. The normalized spacial score (nSPS) is 12.2. The zero-order chi connectivity index (χ0) is 20.7. The van der Waals surface area contributed by atoms with Crippen molar-refractivity contribution in [3.8, 4) is 16.9 Å². The van der Waals surface area contributed by atoms with Crippen LogP contribution in [0.4, 0.5) is 0 Å². The van der Waals surface area contributed by atoms with Crippen molar-refractivity contribution in [1.29, 1.82) is 0 Å². The first-order valence-corrected chi connectivity index (χ1v) is 9.31. The monoisotopic (exact) mass is 430 g/mol. The van der Waals surface area contributed by atoms with Gasteiger partial charge in [0.1, 0.15) is 22.3 Å². The van der Waals surface area contributed by atoms with Crippen LogP contribution in [0.15, 0.2) is 67.0 Å². The van der Waals surface area contributed by atoms with Crippen molar-refractivity contribution < 1.29 is 18.4 Å². The molecule has 0 bridgehead atoms. The highest BCUT2D eigenvalue weighted by Crippen LogP contribution is 2.30. The topological polar surface area (TPSA) is 86.7 Å². The van der Waals surface area contributed by atoms with Crippen LogP contribution >= 0.6 is 23.2 Å². The van der Waals surface area contributed by atoms with Crippen molar-refractivity contribution in [2.45, 2.75) is 12.3 Å². The summed E-state index contributed by atoms with van der Waals surface area (Å²) >= 11 is 11.7. The molecule has 2 heterocycles. The first-order valence-electron chi connectivity index (χ1n) is 8.49. The van der Waals surface area contributed by atoms with Crippen molar-refractivity contribution in [2.75, 3.05) is 0 Å². The van der Waals surface area contributed by atoms with Gasteiger partial charge in [-0.25, -0.2) is 9.59 Å². The minimum Gasteiger partial charge on any atom is -0.425 e. The molecule has 0 saturated carbocycles. The van der Waals surface area contributed by atoms with E-state index in [1.54, 1.807) is 30.3 Å². The number of esters is 1. The number of hydrogen-bond acceptors (Lipinski definition) is 6. The van der Waals surface area contributed by atoms with Crippen molar-refractivity contribution >= 4 is 51.1 Å². The van der Waals surface area contributed by atoms with E-state index in [1.807, 2.05) is 0 Å². The van der Waals surface area contributed by atoms with Gasteiger partial charge in [0.25, 0.3) is 0 Å². The number of benzene rings is 2. The van der Waals surface area contributed by atoms with Gasteiger partial charge in [0.2, 0.25) is 0 Å². The molecule has 8 heteroatoms. The molecule has 0 radical (unpaired) electrons. The summed E-state index contributed by atoms with van der Waals surface area (Å²) in [5, 5.41) is 0.722. The summed E-state index contributed by atoms with van der Waals surface area (Å²) in [5.41, 5.74) is -0.261. The summed E-state index contributed by atoms with van der Waals surface area (Å²) in [6, 6.07) is 12.2. The van der Waals surface area contributed by atoms with Crippen LogP contribution < -0.4 is 16.0 Å². The Balaban J connectivity index is 1.91. The standard InChI is InChI=1S/C21H12Cl2O6/c1-10(22)20(25)27-13-3-4-14-15(9-19(24)28-18(14)8-13)16-7-11-6-12(23)2-5-17(11)29-21(16)26/h2-10H,1H3. The number of fused-ring (bicyclic) bond motifs is 2. The van der Waals surface area contributed by atoms with E-state index in [-0.39, 0.29) is 16.9 Å². The summed E-state index contributed by atoms with van der Waals surface area (Å²) in [6.45, 7) is 1.48. The molecule has 0 spiro atoms. The predicted octanol–water partition coefficient (Wildman–Crippen LogP) is 4.75. The average molecular weight is 431 g/mol. The molecule has 146 valence electrons. The Morgan fingerprint density at radius 3 is 2.52 bits per heavy atom. The van der Waals surface area contributed by atoms with Gasteiger partial charge >= 0.3 is 17.2 Å². The summed E-state index contributed by atoms with van der Waals surface area (Å²) < 4.78 is 15.7. The summed E-state index contributed by atoms with van der Waals surface area (Å²) in [7, 11) is 0. The van der Waals surface area contributed by atoms with Crippen LogP contribution in [0.3, 0.4) is 0 Å². The van der Waals surface area contributed by atoms with E-state index in [9.17, 15) is 14.4 Å². The molecule has 2 aromatic heterocycles. The van der Waals surface area contributed by atoms with Crippen LogP contribution in [0.5, 0.6) is 5.75 Å². The van der Waals surface area contributed by atoms with Gasteiger partial charge in [0.15, 0.2) is 0 Å². The smallest absolute Gasteiger partial charge is 0.344 e. The molecule has 1 unspecified atom stereocenters. The first-order chi connectivity index (χ1) is 13.8. The van der Waals surface area contributed by atoms with Gasteiger partial charge in [-0.05, 0) is 43.3 Å². The van der Waals surface area contributed by atoms with Crippen LogP contribution in [0.1, 0.15) is 6.92 Å². The fourth-order valence-electron chi connectivity index (χ4n) is 2.91. The van der Waals surface area contributed by atoms with Gasteiger partial charge < -0.3 is 13.6 Å². The average Bonchev–Trinajstić information content (AvgIpc) is 2.66. The number of ether oxygens (including phenoxy) is 1. The van der Waals surface area contributed by atoms with E-state index in [2.05, 4.69) is 0 Å². The highest BCUT2D eigenvalue weighted by molar-refractivity contribution is 6.31. The summed E-state index contributed by atoms with van der Waals surface area (Å²) in [5.74, 6) is -0.482. The molecule has 0 aliphatic rings. The lowest BCUT2D eigenvalue weighted by Crippen LogP contribution is -2.17. The molecular weight excluding hydrogens is 419 g/mol. The minimum absolute atomic E-state index is 0.144. The van der Waals surface area contributed by atoms with Crippen molar-refractivity contribution in [3.05, 3.63) is 74.4 Å². The van der Waals surface area contributed by atoms with E-state index in [1.165, 1.54) is 25.1 Å². The van der Waals surface area contributed by atoms with Crippen LogP contribution in [0.25, 0.3) is 33.1 Å². The molecule has 6 nitrogen and oxygen atoms in total. The van der Waals surface area contributed by atoms with Gasteiger partial charge in [-0.15, -0.1) is 11.6 Å². The van der Waals surface area contributed by atoms with E-state index in [0.717, 1.165) is 0 Å².